The van der Waals surface area contributed by atoms with Gasteiger partial charge in [-0.15, -0.1) is 6.61 Å². The first-order valence-corrected chi connectivity index (χ1v) is 1.50. The van der Waals surface area contributed by atoms with Crippen molar-refractivity contribution in [2.75, 3.05) is 6.61 Å². The van der Waals surface area contributed by atoms with Crippen LogP contribution in [0.4, 0.5) is 0 Å². The van der Waals surface area contributed by atoms with Crippen LogP contribution in [0.3, 0.4) is 0 Å². The van der Waals surface area contributed by atoms with E-state index in [-0.39, 0.29) is 46.6 Å². The minimum Gasteiger partial charge on any atom is -1.00 e. The zero-order chi connectivity index (χ0) is 3.41. The molecule has 0 aromatic heterocycles. The second-order valence-corrected chi connectivity index (χ2v) is 0.704. The summed E-state index contributed by atoms with van der Waals surface area (Å²) in [5.41, 5.74) is 0. The first-order valence-electron chi connectivity index (χ1n) is 1.50. The molecule has 3 heteroatoms. The summed E-state index contributed by atoms with van der Waals surface area (Å²) in [5, 5.41) is 9.30. The van der Waals surface area contributed by atoms with Gasteiger partial charge in [-0.1, -0.05) is 13.3 Å². The minimum atomic E-state index is 0. The fraction of sp³-hybridized carbons (Fsp3) is 1.00. The molecule has 0 saturated heterocycles. The Labute approximate surface area is 65.0 Å². The van der Waals surface area contributed by atoms with Gasteiger partial charge in [-0.25, -0.2) is 0 Å². The van der Waals surface area contributed by atoms with E-state index in [9.17, 15) is 5.11 Å². The van der Waals surface area contributed by atoms with E-state index < -0.39 is 0 Å². The van der Waals surface area contributed by atoms with Crippen molar-refractivity contribution in [1.82, 2.24) is 0 Å². The summed E-state index contributed by atoms with van der Waals surface area (Å²) in [6, 6.07) is 0. The van der Waals surface area contributed by atoms with Crippen LogP contribution in [0.5, 0.6) is 0 Å². The van der Waals surface area contributed by atoms with Crippen LogP contribution >= 0.6 is 0 Å². The van der Waals surface area contributed by atoms with Gasteiger partial charge in [0.15, 0.2) is 0 Å². The van der Waals surface area contributed by atoms with E-state index in [1.807, 2.05) is 6.92 Å². The molecule has 6 heavy (non-hydrogen) atoms. The molecule has 1 nitrogen and oxygen atoms in total. The summed E-state index contributed by atoms with van der Waals surface area (Å²) in [7, 11) is 0. The van der Waals surface area contributed by atoms with E-state index in [0.717, 1.165) is 6.42 Å². The third kappa shape index (κ3) is 18.9. The Hall–Kier alpha value is 1.21. The average Bonchev–Trinajstić information content (AvgIpc) is 1.37. The van der Waals surface area contributed by atoms with Crippen LogP contribution < -0.4 is 22.1 Å². The van der Waals surface area contributed by atoms with E-state index in [4.69, 9.17) is 0 Å². The van der Waals surface area contributed by atoms with Crippen molar-refractivity contribution >= 4 is 23.1 Å². The molecule has 0 rings (SSSR count). The monoisotopic (exact) mass is 162 g/mol. The molecule has 0 heterocycles. The molecule has 0 fully saturated rings. The fourth-order valence-electron chi connectivity index (χ4n) is 0. The van der Waals surface area contributed by atoms with Crippen molar-refractivity contribution in [2.24, 2.45) is 0 Å². The van der Waals surface area contributed by atoms with Gasteiger partial charge in [-0.2, -0.15) is 0 Å². The van der Waals surface area contributed by atoms with Gasteiger partial charge in [0.2, 0.25) is 0 Å². The third-order valence-electron chi connectivity index (χ3n) is 0.204. The Morgan fingerprint density at radius 2 is 1.67 bits per heavy atom. The van der Waals surface area contributed by atoms with E-state index in [2.05, 4.69) is 0 Å². The third-order valence-corrected chi connectivity index (χ3v) is 0.204. The molecule has 0 bridgehead atoms. The smallest absolute Gasteiger partial charge is 1.00 e. The van der Waals surface area contributed by atoms with Gasteiger partial charge >= 0.3 is 23.1 Å². The molecule has 0 atom stereocenters. The van der Waals surface area contributed by atoms with Crippen molar-refractivity contribution in [3.63, 3.8) is 0 Å². The van der Waals surface area contributed by atoms with Crippen LogP contribution in [0.25, 0.3) is 0 Å². The second-order valence-electron chi connectivity index (χ2n) is 0.704. The summed E-state index contributed by atoms with van der Waals surface area (Å²) in [5.74, 6) is 0. The Balaban J connectivity index is -0.0000000450. The van der Waals surface area contributed by atoms with Crippen LogP contribution in [0, 0.1) is 0 Å². The van der Waals surface area contributed by atoms with Crippen molar-refractivity contribution in [1.29, 1.82) is 0 Å². The maximum atomic E-state index is 9.30. The molecule has 0 radical (unpaired) electrons. The van der Waals surface area contributed by atoms with Gasteiger partial charge in [0, 0.05) is 0 Å². The zero-order valence-corrected chi connectivity index (χ0v) is 6.91. The standard InChI is InChI=1S/C3H7O.BrH.Mg/c1-2-3-4;;/h2-3H2,1H3;1H;/q-1;;+2/p-1. The fourth-order valence-corrected chi connectivity index (χ4v) is 0. The maximum Gasteiger partial charge on any atom is 2.00 e. The maximum absolute atomic E-state index is 9.30. The van der Waals surface area contributed by atoms with Crippen LogP contribution in [-0.2, 0) is 0 Å². The summed E-state index contributed by atoms with van der Waals surface area (Å²) in [4.78, 5) is 0. The Kier molecular flexibility index (Phi) is 42.8. The predicted octanol–water partition coefficient (Wildman–Crippen LogP) is -3.62. The van der Waals surface area contributed by atoms with E-state index in [1.54, 1.807) is 0 Å². The molecule has 0 aliphatic carbocycles. The molecule has 0 N–H and O–H groups in total. The molecule has 0 unspecified atom stereocenters. The summed E-state index contributed by atoms with van der Waals surface area (Å²) < 4.78 is 0. The van der Waals surface area contributed by atoms with Gasteiger partial charge < -0.3 is 22.1 Å². The van der Waals surface area contributed by atoms with Gasteiger partial charge in [-0.3, -0.25) is 0 Å². The number of hydrogen-bond acceptors (Lipinski definition) is 1. The van der Waals surface area contributed by atoms with E-state index in [1.165, 1.54) is 0 Å². The SMILES string of the molecule is CCC[O-].[Br-].[Mg+2]. The average molecular weight is 163 g/mol. The Morgan fingerprint density at radius 3 is 1.67 bits per heavy atom. The van der Waals surface area contributed by atoms with Crippen LogP contribution in [0.15, 0.2) is 0 Å². The summed E-state index contributed by atoms with van der Waals surface area (Å²) in [6.07, 6.45) is 0.764. The topological polar surface area (TPSA) is 23.1 Å². The molecule has 34 valence electrons. The summed E-state index contributed by atoms with van der Waals surface area (Å²) in [6.45, 7) is 1.94. The van der Waals surface area contributed by atoms with Crippen molar-refractivity contribution in [2.45, 2.75) is 13.3 Å². The van der Waals surface area contributed by atoms with E-state index in [0.29, 0.717) is 0 Å². The minimum absolute atomic E-state index is 0. The van der Waals surface area contributed by atoms with E-state index >= 15 is 0 Å². The predicted molar refractivity (Wildman–Crippen MR) is 20.9 cm³/mol. The van der Waals surface area contributed by atoms with Crippen molar-refractivity contribution < 1.29 is 22.1 Å². The molecular formula is C3H7BrMgO. The van der Waals surface area contributed by atoms with Crippen LogP contribution in [0.1, 0.15) is 13.3 Å². The molecule has 0 amide bonds. The number of hydrogen-bond donors (Lipinski definition) is 0. The molecule has 0 aliphatic heterocycles. The molecule has 0 saturated carbocycles. The van der Waals surface area contributed by atoms with Crippen molar-refractivity contribution in [3.05, 3.63) is 0 Å². The summed E-state index contributed by atoms with van der Waals surface area (Å²) >= 11 is 0. The molecule has 0 aromatic rings. The molecule has 0 aliphatic rings. The Morgan fingerprint density at radius 1 is 1.50 bits per heavy atom. The normalized spacial score (nSPS) is 5.00. The first-order chi connectivity index (χ1) is 1.91. The molecule has 0 aromatic carbocycles. The largest absolute Gasteiger partial charge is 2.00 e. The number of halogens is 1. The van der Waals surface area contributed by atoms with Crippen LogP contribution in [0.2, 0.25) is 0 Å². The Bertz CT molecular complexity index is 12.8. The van der Waals surface area contributed by atoms with Gasteiger partial charge in [0.25, 0.3) is 0 Å². The van der Waals surface area contributed by atoms with Gasteiger partial charge in [-0.05, 0) is 0 Å². The second kappa shape index (κ2) is 16.4. The van der Waals surface area contributed by atoms with Crippen molar-refractivity contribution in [3.8, 4) is 0 Å². The molecule has 0 spiro atoms. The molecular weight excluding hydrogens is 156 g/mol. The number of rotatable bonds is 1. The van der Waals surface area contributed by atoms with Gasteiger partial charge in [0.05, 0.1) is 0 Å². The quantitative estimate of drug-likeness (QED) is 0.366. The van der Waals surface area contributed by atoms with Crippen LogP contribution in [-0.4, -0.2) is 29.7 Å². The van der Waals surface area contributed by atoms with Gasteiger partial charge in [0.1, 0.15) is 0 Å². The first kappa shape index (κ1) is 15.7. The zero-order valence-electron chi connectivity index (χ0n) is 3.91.